The van der Waals surface area contributed by atoms with Crippen LogP contribution in [0.5, 0.6) is 11.5 Å². The molecule has 2 aromatic rings. The van der Waals surface area contributed by atoms with Gasteiger partial charge in [0.1, 0.15) is 0 Å². The normalized spacial score (nSPS) is 16.6. The molecule has 2 heterocycles. The number of piperazine rings is 1. The van der Waals surface area contributed by atoms with Crippen LogP contribution in [0.3, 0.4) is 0 Å². The Labute approximate surface area is 153 Å². The largest absolute Gasteiger partial charge is 0.454 e. The summed E-state index contributed by atoms with van der Waals surface area (Å²) in [5, 5.41) is 0. The summed E-state index contributed by atoms with van der Waals surface area (Å²) in [5.74, 6) is 1.17. The number of amides is 1. The molecule has 0 aromatic heterocycles. The summed E-state index contributed by atoms with van der Waals surface area (Å²) in [4.78, 5) is 16.3. The molecule has 5 nitrogen and oxygen atoms in total. The molecular weight excluding hydrogens is 361 g/mol. The summed E-state index contributed by atoms with van der Waals surface area (Å²) < 4.78 is 48.6. The second-order valence-corrected chi connectivity index (χ2v) is 6.39. The van der Waals surface area contributed by atoms with E-state index in [-0.39, 0.29) is 18.3 Å². The highest BCUT2D eigenvalue weighted by Gasteiger charge is 2.31. The Morgan fingerprint density at radius 1 is 0.889 bits per heavy atom. The maximum Gasteiger partial charge on any atom is 0.416 e. The molecule has 0 radical (unpaired) electrons. The SMILES string of the molecule is O=C(c1ccc(C(F)(F)F)cc1)N1CCN(c2ccc3c(c2)OCO3)CC1. The number of rotatable bonds is 2. The molecule has 1 amide bonds. The summed E-state index contributed by atoms with van der Waals surface area (Å²) in [6, 6.07) is 10.1. The molecule has 0 bridgehead atoms. The van der Waals surface area contributed by atoms with Gasteiger partial charge in [-0.15, -0.1) is 0 Å². The van der Waals surface area contributed by atoms with E-state index in [1.165, 1.54) is 12.1 Å². The fourth-order valence-corrected chi connectivity index (χ4v) is 3.23. The molecule has 4 rings (SSSR count). The van der Waals surface area contributed by atoms with E-state index in [0.717, 1.165) is 23.6 Å². The van der Waals surface area contributed by atoms with Crippen LogP contribution in [0.1, 0.15) is 15.9 Å². The van der Waals surface area contributed by atoms with E-state index in [1.54, 1.807) is 4.90 Å². The minimum atomic E-state index is -4.40. The highest BCUT2D eigenvalue weighted by Crippen LogP contribution is 2.35. The van der Waals surface area contributed by atoms with Gasteiger partial charge in [-0.1, -0.05) is 0 Å². The highest BCUT2D eigenvalue weighted by molar-refractivity contribution is 5.94. The van der Waals surface area contributed by atoms with E-state index in [9.17, 15) is 18.0 Å². The van der Waals surface area contributed by atoms with E-state index >= 15 is 0 Å². The average molecular weight is 378 g/mol. The second kappa shape index (κ2) is 6.68. The number of carbonyl (C=O) groups excluding carboxylic acids is 1. The zero-order valence-corrected chi connectivity index (χ0v) is 14.3. The number of alkyl halides is 3. The number of carbonyl (C=O) groups is 1. The van der Waals surface area contributed by atoms with E-state index in [0.29, 0.717) is 31.9 Å². The molecule has 0 atom stereocenters. The van der Waals surface area contributed by atoms with Gasteiger partial charge in [-0.05, 0) is 36.4 Å². The predicted octanol–water partition coefficient (Wildman–Crippen LogP) is 3.40. The lowest BCUT2D eigenvalue weighted by Crippen LogP contribution is -2.48. The number of fused-ring (bicyclic) bond motifs is 1. The van der Waals surface area contributed by atoms with Crippen LogP contribution in [0.15, 0.2) is 42.5 Å². The molecule has 0 unspecified atom stereocenters. The number of hydrogen-bond donors (Lipinski definition) is 0. The molecular formula is C19H17F3N2O3. The molecule has 0 spiro atoms. The van der Waals surface area contributed by atoms with Crippen molar-refractivity contribution < 1.29 is 27.4 Å². The Morgan fingerprint density at radius 2 is 1.56 bits per heavy atom. The third kappa shape index (κ3) is 3.51. The molecule has 2 aliphatic rings. The number of hydrogen-bond acceptors (Lipinski definition) is 4. The number of anilines is 1. The first-order valence-corrected chi connectivity index (χ1v) is 8.53. The zero-order valence-electron chi connectivity index (χ0n) is 14.3. The van der Waals surface area contributed by atoms with Crippen molar-refractivity contribution in [2.24, 2.45) is 0 Å². The molecule has 27 heavy (non-hydrogen) atoms. The van der Waals surface area contributed by atoms with Gasteiger partial charge in [0, 0.05) is 43.5 Å². The minimum absolute atomic E-state index is 0.216. The molecule has 0 aliphatic carbocycles. The van der Waals surface area contributed by atoms with Crippen molar-refractivity contribution in [2.75, 3.05) is 37.9 Å². The molecule has 142 valence electrons. The number of ether oxygens (including phenoxy) is 2. The topological polar surface area (TPSA) is 42.0 Å². The van der Waals surface area contributed by atoms with Crippen LogP contribution >= 0.6 is 0 Å². The molecule has 2 aliphatic heterocycles. The van der Waals surface area contributed by atoms with Crippen LogP contribution in [0.25, 0.3) is 0 Å². The van der Waals surface area contributed by atoms with Gasteiger partial charge >= 0.3 is 6.18 Å². The first-order valence-electron chi connectivity index (χ1n) is 8.53. The van der Waals surface area contributed by atoms with Crippen molar-refractivity contribution in [3.63, 3.8) is 0 Å². The summed E-state index contributed by atoms with van der Waals surface area (Å²) in [5.41, 5.74) is 0.493. The lowest BCUT2D eigenvalue weighted by Gasteiger charge is -2.36. The van der Waals surface area contributed by atoms with Crippen LogP contribution in [0.4, 0.5) is 18.9 Å². The van der Waals surface area contributed by atoms with Gasteiger partial charge in [-0.2, -0.15) is 13.2 Å². The number of nitrogens with zero attached hydrogens (tertiary/aromatic N) is 2. The van der Waals surface area contributed by atoms with Crippen molar-refractivity contribution in [1.29, 1.82) is 0 Å². The van der Waals surface area contributed by atoms with Crippen molar-refractivity contribution in [3.05, 3.63) is 53.6 Å². The van der Waals surface area contributed by atoms with E-state index in [2.05, 4.69) is 4.90 Å². The molecule has 1 fully saturated rings. The van der Waals surface area contributed by atoms with Crippen molar-refractivity contribution in [2.45, 2.75) is 6.18 Å². The monoisotopic (exact) mass is 378 g/mol. The first kappa shape index (κ1) is 17.5. The number of halogens is 3. The van der Waals surface area contributed by atoms with Gasteiger partial charge in [0.05, 0.1) is 5.56 Å². The van der Waals surface area contributed by atoms with Gasteiger partial charge in [0.15, 0.2) is 11.5 Å². The lowest BCUT2D eigenvalue weighted by molar-refractivity contribution is -0.137. The molecule has 1 saturated heterocycles. The summed E-state index contributed by atoms with van der Waals surface area (Å²) in [6.45, 7) is 2.47. The molecule has 8 heteroatoms. The van der Waals surface area contributed by atoms with Crippen LogP contribution in [0, 0.1) is 0 Å². The highest BCUT2D eigenvalue weighted by atomic mass is 19.4. The Bertz CT molecular complexity index is 844. The minimum Gasteiger partial charge on any atom is -0.454 e. The van der Waals surface area contributed by atoms with Crippen LogP contribution in [0.2, 0.25) is 0 Å². The van der Waals surface area contributed by atoms with Crippen molar-refractivity contribution >= 4 is 11.6 Å². The molecule has 0 saturated carbocycles. The van der Waals surface area contributed by atoms with Crippen LogP contribution < -0.4 is 14.4 Å². The molecule has 0 N–H and O–H groups in total. The Balaban J connectivity index is 1.39. The quantitative estimate of drug-likeness (QED) is 0.803. The standard InChI is InChI=1S/C19H17F3N2O3/c20-19(21,22)14-3-1-13(2-4-14)18(25)24-9-7-23(8-10-24)15-5-6-16-17(11-15)27-12-26-16/h1-6,11H,7-10,12H2. The third-order valence-electron chi connectivity index (χ3n) is 4.75. The van der Waals surface area contributed by atoms with Gasteiger partial charge in [-0.3, -0.25) is 4.79 Å². The fourth-order valence-electron chi connectivity index (χ4n) is 3.23. The van der Waals surface area contributed by atoms with Crippen molar-refractivity contribution in [1.82, 2.24) is 4.90 Å². The summed E-state index contributed by atoms with van der Waals surface area (Å²) >= 11 is 0. The average Bonchev–Trinajstić information content (AvgIpc) is 3.15. The van der Waals surface area contributed by atoms with E-state index < -0.39 is 11.7 Å². The maximum atomic E-state index is 12.6. The van der Waals surface area contributed by atoms with Crippen LogP contribution in [-0.2, 0) is 6.18 Å². The Hall–Kier alpha value is -2.90. The Kier molecular flexibility index (Phi) is 4.33. The summed E-state index contributed by atoms with van der Waals surface area (Å²) in [6.07, 6.45) is -4.40. The van der Waals surface area contributed by atoms with Gasteiger partial charge in [-0.25, -0.2) is 0 Å². The zero-order chi connectivity index (χ0) is 19.0. The van der Waals surface area contributed by atoms with Gasteiger partial charge < -0.3 is 19.3 Å². The second-order valence-electron chi connectivity index (χ2n) is 6.39. The lowest BCUT2D eigenvalue weighted by atomic mass is 10.1. The Morgan fingerprint density at radius 3 is 2.22 bits per heavy atom. The van der Waals surface area contributed by atoms with Crippen molar-refractivity contribution in [3.8, 4) is 11.5 Å². The smallest absolute Gasteiger partial charge is 0.416 e. The number of benzene rings is 2. The maximum absolute atomic E-state index is 12.6. The van der Waals surface area contributed by atoms with E-state index in [1.807, 2.05) is 18.2 Å². The fraction of sp³-hybridized carbons (Fsp3) is 0.316. The predicted molar refractivity (Wildman–Crippen MR) is 92.1 cm³/mol. The van der Waals surface area contributed by atoms with Gasteiger partial charge in [0.2, 0.25) is 6.79 Å². The van der Waals surface area contributed by atoms with Gasteiger partial charge in [0.25, 0.3) is 5.91 Å². The van der Waals surface area contributed by atoms with E-state index in [4.69, 9.17) is 9.47 Å². The summed E-state index contributed by atoms with van der Waals surface area (Å²) in [7, 11) is 0. The van der Waals surface area contributed by atoms with Crippen LogP contribution in [-0.4, -0.2) is 43.8 Å². The first-order chi connectivity index (χ1) is 12.9. The third-order valence-corrected chi connectivity index (χ3v) is 4.75. The molecule has 2 aromatic carbocycles.